The van der Waals surface area contributed by atoms with Crippen LogP contribution in [0.25, 0.3) is 0 Å². The number of alkyl halides is 6. The molecule has 0 rings (SSSR count). The number of aliphatic hydroxyl groups excluding tert-OH is 1. The minimum atomic E-state index is -5.45. The van der Waals surface area contributed by atoms with Crippen LogP contribution in [0.1, 0.15) is 32.6 Å². The second-order valence-electron chi connectivity index (χ2n) is 3.62. The first-order valence-electron chi connectivity index (χ1n) is 4.92. The maximum absolute atomic E-state index is 12.1. The van der Waals surface area contributed by atoms with E-state index in [1.807, 2.05) is 0 Å². The number of rotatable bonds is 5. The maximum Gasteiger partial charge on any atom is 0.403 e. The van der Waals surface area contributed by atoms with Crippen molar-refractivity contribution in [2.75, 3.05) is 0 Å². The van der Waals surface area contributed by atoms with Crippen LogP contribution in [0.3, 0.4) is 0 Å². The van der Waals surface area contributed by atoms with E-state index in [0.29, 0.717) is 12.8 Å². The van der Waals surface area contributed by atoms with Crippen LogP contribution < -0.4 is 0 Å². The van der Waals surface area contributed by atoms with Crippen LogP contribution in [0.2, 0.25) is 0 Å². The summed E-state index contributed by atoms with van der Waals surface area (Å²) in [4.78, 5) is 0. The van der Waals surface area contributed by atoms with Crippen LogP contribution in [0.4, 0.5) is 26.3 Å². The number of aliphatic hydroxyl groups is 1. The first-order valence-corrected chi connectivity index (χ1v) is 4.92. The molecule has 0 bridgehead atoms. The van der Waals surface area contributed by atoms with Crippen molar-refractivity contribution < 1.29 is 31.4 Å². The largest absolute Gasteiger partial charge is 0.403 e. The standard InChI is InChI=1S/C9H14F6O/c1-2-3-4-5-6(16)7(8(10,11)12)9(13,14)15/h6-7,16H,2-5H2,1H3. The molecular weight excluding hydrogens is 238 g/mol. The SMILES string of the molecule is CCCCCC(O)C(C(F)(F)F)C(F)(F)F. The van der Waals surface area contributed by atoms with E-state index in [1.165, 1.54) is 0 Å². The molecule has 98 valence electrons. The van der Waals surface area contributed by atoms with Gasteiger partial charge in [0.1, 0.15) is 0 Å². The van der Waals surface area contributed by atoms with E-state index in [2.05, 4.69) is 0 Å². The van der Waals surface area contributed by atoms with Gasteiger partial charge >= 0.3 is 12.4 Å². The summed E-state index contributed by atoms with van der Waals surface area (Å²) in [5.41, 5.74) is 0. The van der Waals surface area contributed by atoms with Gasteiger partial charge in [0.2, 0.25) is 0 Å². The van der Waals surface area contributed by atoms with Crippen molar-refractivity contribution in [3.05, 3.63) is 0 Å². The smallest absolute Gasteiger partial charge is 0.392 e. The van der Waals surface area contributed by atoms with Gasteiger partial charge in [-0.3, -0.25) is 0 Å². The Hall–Kier alpha value is -0.460. The van der Waals surface area contributed by atoms with E-state index in [9.17, 15) is 26.3 Å². The normalized spacial score (nSPS) is 15.6. The Bertz CT molecular complexity index is 183. The fourth-order valence-corrected chi connectivity index (χ4v) is 1.39. The van der Waals surface area contributed by atoms with Gasteiger partial charge in [-0.1, -0.05) is 26.2 Å². The molecule has 0 saturated heterocycles. The van der Waals surface area contributed by atoms with Crippen LogP contribution in [0.15, 0.2) is 0 Å². The lowest BCUT2D eigenvalue weighted by Crippen LogP contribution is -2.44. The minimum Gasteiger partial charge on any atom is -0.392 e. The fraction of sp³-hybridized carbons (Fsp3) is 1.00. The Kier molecular flexibility index (Phi) is 5.58. The molecule has 0 aliphatic carbocycles. The Morgan fingerprint density at radius 3 is 1.69 bits per heavy atom. The second kappa shape index (κ2) is 5.75. The van der Waals surface area contributed by atoms with Gasteiger partial charge in [-0.2, -0.15) is 26.3 Å². The lowest BCUT2D eigenvalue weighted by Gasteiger charge is -2.27. The van der Waals surface area contributed by atoms with Gasteiger partial charge in [0, 0.05) is 0 Å². The van der Waals surface area contributed by atoms with E-state index < -0.39 is 30.8 Å². The molecule has 1 nitrogen and oxygen atoms in total. The zero-order chi connectivity index (χ0) is 13.0. The average Bonchev–Trinajstić information content (AvgIpc) is 1.98. The van der Waals surface area contributed by atoms with E-state index in [1.54, 1.807) is 6.92 Å². The number of halogens is 6. The molecule has 0 heterocycles. The molecular formula is C9H14F6O. The molecule has 0 saturated carbocycles. The molecule has 0 amide bonds. The summed E-state index contributed by atoms with van der Waals surface area (Å²) in [5.74, 6) is -3.64. The molecule has 16 heavy (non-hydrogen) atoms. The summed E-state index contributed by atoms with van der Waals surface area (Å²) in [6, 6.07) is 0. The number of hydrogen-bond donors (Lipinski definition) is 1. The van der Waals surface area contributed by atoms with Crippen molar-refractivity contribution in [1.82, 2.24) is 0 Å². The van der Waals surface area contributed by atoms with Crippen molar-refractivity contribution in [2.45, 2.75) is 51.1 Å². The summed E-state index contributed by atoms with van der Waals surface area (Å²) in [5, 5.41) is 8.97. The first kappa shape index (κ1) is 15.5. The zero-order valence-electron chi connectivity index (χ0n) is 8.70. The molecule has 0 fully saturated rings. The van der Waals surface area contributed by atoms with E-state index in [4.69, 9.17) is 5.11 Å². The molecule has 0 aromatic heterocycles. The van der Waals surface area contributed by atoms with Gasteiger partial charge in [0.25, 0.3) is 0 Å². The summed E-state index contributed by atoms with van der Waals surface area (Å²) in [6.07, 6.45) is -12.5. The highest BCUT2D eigenvalue weighted by atomic mass is 19.4. The third-order valence-electron chi connectivity index (χ3n) is 2.19. The highest BCUT2D eigenvalue weighted by Gasteiger charge is 2.59. The highest BCUT2D eigenvalue weighted by molar-refractivity contribution is 4.82. The molecule has 1 unspecified atom stereocenters. The van der Waals surface area contributed by atoms with Crippen molar-refractivity contribution in [3.8, 4) is 0 Å². The van der Waals surface area contributed by atoms with Crippen molar-refractivity contribution in [1.29, 1.82) is 0 Å². The average molecular weight is 252 g/mol. The highest BCUT2D eigenvalue weighted by Crippen LogP contribution is 2.42. The van der Waals surface area contributed by atoms with Crippen molar-refractivity contribution >= 4 is 0 Å². The predicted molar refractivity (Wildman–Crippen MR) is 45.7 cm³/mol. The zero-order valence-corrected chi connectivity index (χ0v) is 8.70. The summed E-state index contributed by atoms with van der Waals surface area (Å²) in [7, 11) is 0. The minimum absolute atomic E-state index is 0.153. The molecule has 0 radical (unpaired) electrons. The Balaban J connectivity index is 4.53. The molecule has 0 aromatic carbocycles. The number of hydrogen-bond acceptors (Lipinski definition) is 1. The molecule has 0 aromatic rings. The van der Waals surface area contributed by atoms with Crippen LogP contribution in [0, 0.1) is 5.92 Å². The summed E-state index contributed by atoms with van der Waals surface area (Å²) >= 11 is 0. The topological polar surface area (TPSA) is 20.2 Å². The summed E-state index contributed by atoms with van der Waals surface area (Å²) < 4.78 is 72.6. The first-order chi connectivity index (χ1) is 7.10. The Morgan fingerprint density at radius 2 is 1.38 bits per heavy atom. The van der Waals surface area contributed by atoms with E-state index >= 15 is 0 Å². The monoisotopic (exact) mass is 252 g/mol. The third-order valence-corrected chi connectivity index (χ3v) is 2.19. The van der Waals surface area contributed by atoms with Crippen LogP contribution >= 0.6 is 0 Å². The van der Waals surface area contributed by atoms with Gasteiger partial charge in [-0.15, -0.1) is 0 Å². The van der Waals surface area contributed by atoms with Gasteiger partial charge < -0.3 is 5.11 Å². The van der Waals surface area contributed by atoms with Gasteiger partial charge in [0.05, 0.1) is 6.10 Å². The lowest BCUT2D eigenvalue weighted by molar-refractivity contribution is -0.306. The van der Waals surface area contributed by atoms with Crippen LogP contribution in [-0.4, -0.2) is 23.6 Å². The molecule has 7 heteroatoms. The van der Waals surface area contributed by atoms with Crippen LogP contribution in [0.5, 0.6) is 0 Å². The molecule has 0 aliphatic rings. The summed E-state index contributed by atoms with van der Waals surface area (Å²) in [6.45, 7) is 1.76. The van der Waals surface area contributed by atoms with Gasteiger partial charge in [-0.05, 0) is 6.42 Å². The van der Waals surface area contributed by atoms with Crippen molar-refractivity contribution in [2.24, 2.45) is 5.92 Å². The Labute approximate surface area is 89.4 Å². The fourth-order valence-electron chi connectivity index (χ4n) is 1.39. The van der Waals surface area contributed by atoms with Crippen LogP contribution in [-0.2, 0) is 0 Å². The Morgan fingerprint density at radius 1 is 0.938 bits per heavy atom. The molecule has 1 atom stereocenters. The lowest BCUT2D eigenvalue weighted by atomic mass is 9.96. The van der Waals surface area contributed by atoms with Crippen molar-refractivity contribution in [3.63, 3.8) is 0 Å². The van der Waals surface area contributed by atoms with E-state index in [-0.39, 0.29) is 6.42 Å². The molecule has 0 spiro atoms. The maximum atomic E-state index is 12.1. The predicted octanol–water partition coefficient (Wildman–Crippen LogP) is 3.67. The quantitative estimate of drug-likeness (QED) is 0.584. The third kappa shape index (κ3) is 5.05. The van der Waals surface area contributed by atoms with Gasteiger partial charge in [0.15, 0.2) is 5.92 Å². The number of unbranched alkanes of at least 4 members (excludes halogenated alkanes) is 2. The molecule has 1 N–H and O–H groups in total. The second-order valence-corrected chi connectivity index (χ2v) is 3.62. The van der Waals surface area contributed by atoms with E-state index in [0.717, 1.165) is 0 Å². The molecule has 0 aliphatic heterocycles. The van der Waals surface area contributed by atoms with Gasteiger partial charge in [-0.25, -0.2) is 0 Å².